The van der Waals surface area contributed by atoms with Gasteiger partial charge in [0.1, 0.15) is 5.84 Å². The van der Waals surface area contributed by atoms with E-state index in [9.17, 15) is 10.4 Å². The molecule has 3 rings (SSSR count). The van der Waals surface area contributed by atoms with Gasteiger partial charge in [-0.2, -0.15) is 5.26 Å². The van der Waals surface area contributed by atoms with Crippen molar-refractivity contribution in [2.24, 2.45) is 28.0 Å². The number of nitriles is 1. The smallest absolute Gasteiger partial charge is 0.136 e. The summed E-state index contributed by atoms with van der Waals surface area (Å²) in [5, 5.41) is 27.4. The first-order chi connectivity index (χ1) is 11.8. The fourth-order valence-electron chi connectivity index (χ4n) is 4.89. The zero-order valence-electron chi connectivity index (χ0n) is 15.1. The molecule has 132 valence electrons. The number of aliphatic imine (C=N–C) groups is 1. The van der Waals surface area contributed by atoms with Crippen molar-refractivity contribution in [3.05, 3.63) is 34.9 Å². The van der Waals surface area contributed by atoms with Crippen molar-refractivity contribution in [1.29, 1.82) is 10.7 Å². The lowest BCUT2D eigenvalue weighted by Crippen LogP contribution is -2.43. The second-order valence-corrected chi connectivity index (χ2v) is 7.95. The topological polar surface area (TPSA) is 106 Å². The van der Waals surface area contributed by atoms with Gasteiger partial charge in [-0.3, -0.25) is 10.4 Å². The maximum atomic E-state index is 10.4. The van der Waals surface area contributed by atoms with Crippen LogP contribution in [0, 0.1) is 34.0 Å². The quantitative estimate of drug-likeness (QED) is 0.570. The number of nitrogens with zero attached hydrogens (tertiary/aromatic N) is 2. The van der Waals surface area contributed by atoms with Crippen LogP contribution in [0.1, 0.15) is 56.3 Å². The van der Waals surface area contributed by atoms with Crippen molar-refractivity contribution in [1.82, 2.24) is 0 Å². The van der Waals surface area contributed by atoms with E-state index < -0.39 is 0 Å². The number of aliphatic hydroxyl groups is 1. The molecule has 0 aliphatic heterocycles. The molecule has 1 saturated carbocycles. The molecule has 25 heavy (non-hydrogen) atoms. The Balaban J connectivity index is 2.11. The maximum absolute atomic E-state index is 10.4. The van der Waals surface area contributed by atoms with Crippen LogP contribution in [0.15, 0.2) is 23.2 Å². The molecule has 5 nitrogen and oxygen atoms in total. The number of fused-ring (bicyclic) bond motifs is 1. The van der Waals surface area contributed by atoms with Gasteiger partial charge >= 0.3 is 0 Å². The van der Waals surface area contributed by atoms with Gasteiger partial charge < -0.3 is 10.8 Å². The van der Waals surface area contributed by atoms with Crippen LogP contribution >= 0.6 is 0 Å². The van der Waals surface area contributed by atoms with Gasteiger partial charge in [0.05, 0.1) is 29.5 Å². The molecular weight excluding hydrogens is 312 g/mol. The minimum atomic E-state index is -0.289. The molecule has 4 N–H and O–H groups in total. The van der Waals surface area contributed by atoms with Crippen LogP contribution in [0.2, 0.25) is 0 Å². The highest BCUT2D eigenvalue weighted by atomic mass is 16.3. The van der Waals surface area contributed by atoms with Crippen LogP contribution < -0.4 is 5.73 Å². The number of nitrogens with one attached hydrogen (secondary N) is 1. The monoisotopic (exact) mass is 338 g/mol. The molecule has 3 atom stereocenters. The Hall–Kier alpha value is -2.19. The highest BCUT2D eigenvalue weighted by Gasteiger charge is 2.51. The summed E-state index contributed by atoms with van der Waals surface area (Å²) in [7, 11) is 0. The number of aliphatic hydroxyl groups excluding tert-OH is 1. The largest absolute Gasteiger partial charge is 0.393 e. The predicted octanol–water partition coefficient (Wildman–Crippen LogP) is 2.97. The molecule has 0 radical (unpaired) electrons. The van der Waals surface area contributed by atoms with Crippen molar-refractivity contribution in [3.8, 4) is 6.07 Å². The number of rotatable bonds is 2. The van der Waals surface area contributed by atoms with Gasteiger partial charge in [-0.15, -0.1) is 0 Å². The standard InChI is InChI=1S/C20H26N4O/c1-11-7-20(8-12(2)17(11)25)9-15-5-4-14(10-21)6-16(15)18(20)24-13(3)19(22)23/h4-6,11-12,17-18,25H,7-9H2,1-3H3,(H3,22,23). The lowest BCUT2D eigenvalue weighted by atomic mass is 9.62. The molecule has 0 amide bonds. The first-order valence-corrected chi connectivity index (χ1v) is 8.87. The summed E-state index contributed by atoms with van der Waals surface area (Å²) in [6.45, 7) is 5.97. The third-order valence-corrected chi connectivity index (χ3v) is 6.03. The molecule has 0 bridgehead atoms. The van der Waals surface area contributed by atoms with Gasteiger partial charge in [-0.05, 0) is 61.3 Å². The number of nitrogens with two attached hydrogens (primary N) is 1. The van der Waals surface area contributed by atoms with E-state index in [1.165, 1.54) is 5.56 Å². The first-order valence-electron chi connectivity index (χ1n) is 8.87. The van der Waals surface area contributed by atoms with Gasteiger partial charge in [-0.25, -0.2) is 0 Å². The minimum Gasteiger partial charge on any atom is -0.393 e. The molecule has 0 aromatic heterocycles. The van der Waals surface area contributed by atoms with E-state index in [1.54, 1.807) is 6.92 Å². The van der Waals surface area contributed by atoms with E-state index in [2.05, 4.69) is 19.9 Å². The molecule has 1 aromatic carbocycles. The molecule has 0 heterocycles. The number of hydrogen-bond acceptors (Lipinski definition) is 4. The summed E-state index contributed by atoms with van der Waals surface area (Å²) >= 11 is 0. The Labute approximate surface area is 149 Å². The van der Waals surface area contributed by atoms with E-state index in [-0.39, 0.29) is 35.2 Å². The first kappa shape index (κ1) is 17.6. The highest BCUT2D eigenvalue weighted by molar-refractivity contribution is 6.38. The summed E-state index contributed by atoms with van der Waals surface area (Å²) < 4.78 is 0. The molecule has 1 aromatic rings. The van der Waals surface area contributed by atoms with Gasteiger partial charge in [0.2, 0.25) is 0 Å². The van der Waals surface area contributed by atoms with E-state index in [1.807, 2.05) is 18.2 Å². The Bertz CT molecular complexity index is 764. The van der Waals surface area contributed by atoms with Gasteiger partial charge in [0, 0.05) is 5.41 Å². The molecular formula is C20H26N4O. The zero-order valence-corrected chi connectivity index (χ0v) is 15.1. The van der Waals surface area contributed by atoms with Crippen molar-refractivity contribution in [2.45, 2.75) is 52.2 Å². The van der Waals surface area contributed by atoms with E-state index >= 15 is 0 Å². The lowest BCUT2D eigenvalue weighted by Gasteiger charge is -2.46. The molecule has 1 spiro atoms. The average Bonchev–Trinajstić information content (AvgIpc) is 2.84. The second kappa shape index (κ2) is 6.27. The lowest BCUT2D eigenvalue weighted by molar-refractivity contribution is -0.0327. The summed E-state index contributed by atoms with van der Waals surface area (Å²) in [5.74, 6) is 0.379. The summed E-state index contributed by atoms with van der Waals surface area (Å²) in [6, 6.07) is 7.94. The van der Waals surface area contributed by atoms with Crippen LogP contribution in [0.25, 0.3) is 0 Å². The molecule has 1 fully saturated rings. The number of amidine groups is 1. The number of benzene rings is 1. The molecule has 0 saturated heterocycles. The Morgan fingerprint density at radius 2 is 2.00 bits per heavy atom. The average molecular weight is 338 g/mol. The van der Waals surface area contributed by atoms with E-state index in [4.69, 9.17) is 16.1 Å². The zero-order chi connectivity index (χ0) is 18.4. The highest BCUT2D eigenvalue weighted by Crippen LogP contribution is 2.58. The van der Waals surface area contributed by atoms with Crippen molar-refractivity contribution in [2.75, 3.05) is 0 Å². The van der Waals surface area contributed by atoms with Gasteiger partial charge in [-0.1, -0.05) is 19.9 Å². The van der Waals surface area contributed by atoms with Crippen LogP contribution in [0.4, 0.5) is 0 Å². The fourth-order valence-corrected chi connectivity index (χ4v) is 4.89. The Morgan fingerprint density at radius 3 is 2.56 bits per heavy atom. The third-order valence-electron chi connectivity index (χ3n) is 6.03. The van der Waals surface area contributed by atoms with Crippen LogP contribution in [-0.2, 0) is 6.42 Å². The Morgan fingerprint density at radius 1 is 1.36 bits per heavy atom. The second-order valence-electron chi connectivity index (χ2n) is 7.95. The van der Waals surface area contributed by atoms with Crippen molar-refractivity contribution >= 4 is 11.5 Å². The van der Waals surface area contributed by atoms with Crippen LogP contribution in [0.5, 0.6) is 0 Å². The van der Waals surface area contributed by atoms with Crippen LogP contribution in [-0.4, -0.2) is 22.8 Å². The molecule has 2 aliphatic carbocycles. The SMILES string of the molecule is CC(=NC1c2cc(C#N)ccc2CC12CC(C)C(O)C(C)C2)C(=N)N. The number of hydrogen-bond donors (Lipinski definition) is 3. The summed E-state index contributed by atoms with van der Waals surface area (Å²) in [5.41, 5.74) is 9.03. The summed E-state index contributed by atoms with van der Waals surface area (Å²) in [6.07, 6.45) is 2.38. The molecule has 2 aliphatic rings. The third kappa shape index (κ3) is 2.96. The molecule has 5 heteroatoms. The van der Waals surface area contributed by atoms with E-state index in [0.29, 0.717) is 11.3 Å². The summed E-state index contributed by atoms with van der Waals surface area (Å²) in [4.78, 5) is 4.84. The van der Waals surface area contributed by atoms with Crippen molar-refractivity contribution < 1.29 is 5.11 Å². The van der Waals surface area contributed by atoms with Gasteiger partial charge in [0.15, 0.2) is 0 Å². The van der Waals surface area contributed by atoms with Gasteiger partial charge in [0.25, 0.3) is 0 Å². The minimum absolute atomic E-state index is 0.0167. The van der Waals surface area contributed by atoms with Crippen LogP contribution in [0.3, 0.4) is 0 Å². The maximum Gasteiger partial charge on any atom is 0.136 e. The Kier molecular flexibility index (Phi) is 4.42. The molecule has 3 unspecified atom stereocenters. The fraction of sp³-hybridized carbons (Fsp3) is 0.550. The predicted molar refractivity (Wildman–Crippen MR) is 98.6 cm³/mol. The normalized spacial score (nSPS) is 34.6. The van der Waals surface area contributed by atoms with E-state index in [0.717, 1.165) is 24.8 Å². The van der Waals surface area contributed by atoms with Crippen molar-refractivity contribution in [3.63, 3.8) is 0 Å².